The van der Waals surface area contributed by atoms with Crippen LogP contribution in [0, 0.1) is 0 Å². The van der Waals surface area contributed by atoms with Gasteiger partial charge in [0.25, 0.3) is 5.91 Å². The number of carbonyl (C=O) groups excluding carboxylic acids is 3. The number of hydrogen-bond donors (Lipinski definition) is 0. The van der Waals surface area contributed by atoms with E-state index in [1.54, 1.807) is 23.1 Å². The van der Waals surface area contributed by atoms with E-state index in [2.05, 4.69) is 14.9 Å². The molecule has 0 spiro atoms. The second kappa shape index (κ2) is 8.89. The van der Waals surface area contributed by atoms with Crippen LogP contribution < -0.4 is 0 Å². The zero-order valence-corrected chi connectivity index (χ0v) is 17.8. The van der Waals surface area contributed by atoms with Crippen molar-refractivity contribution in [2.75, 3.05) is 19.7 Å². The van der Waals surface area contributed by atoms with E-state index >= 15 is 0 Å². The van der Waals surface area contributed by atoms with E-state index in [4.69, 9.17) is 9.47 Å². The number of amides is 2. The van der Waals surface area contributed by atoms with Gasteiger partial charge in [-0.15, -0.1) is 0 Å². The summed E-state index contributed by atoms with van der Waals surface area (Å²) >= 11 is 0. The monoisotopic (exact) mass is 450 g/mol. The molecule has 2 fully saturated rings. The molecule has 0 bridgehead atoms. The molecule has 5 rings (SSSR count). The Morgan fingerprint density at radius 2 is 1.79 bits per heavy atom. The quantitative estimate of drug-likeness (QED) is 0.544. The summed E-state index contributed by atoms with van der Waals surface area (Å²) in [5, 5.41) is 7.53. The van der Waals surface area contributed by atoms with Crippen molar-refractivity contribution < 1.29 is 28.5 Å². The molecule has 10 heteroatoms. The Bertz CT molecular complexity index is 1170. The van der Waals surface area contributed by atoms with Crippen LogP contribution in [-0.4, -0.2) is 69.9 Å². The van der Waals surface area contributed by atoms with Gasteiger partial charge in [0, 0.05) is 24.7 Å². The lowest BCUT2D eigenvalue weighted by molar-refractivity contribution is -0.150. The van der Waals surface area contributed by atoms with Gasteiger partial charge in [0.15, 0.2) is 6.04 Å². The van der Waals surface area contributed by atoms with Crippen molar-refractivity contribution in [3.8, 4) is 0 Å². The topological polar surface area (TPSA) is 115 Å². The molecule has 3 heterocycles. The second-order valence-corrected chi connectivity index (χ2v) is 8.08. The minimum absolute atomic E-state index is 0.0304. The fourth-order valence-electron chi connectivity index (χ4n) is 4.29. The number of ether oxygens (including phenoxy) is 2. The standard InChI is InChI=1S/C23H22N4O6/c28-21(16-6-7-18-19(12-16)25-33-24-18)26-10-8-17(9-11-26)27-20(14-32-23(27)30)22(29)31-13-15-4-2-1-3-5-15/h1-7,12,17,20H,8-11,13-14H2. The lowest BCUT2D eigenvalue weighted by atomic mass is 10.0. The summed E-state index contributed by atoms with van der Waals surface area (Å²) in [6, 6.07) is 13.4. The number of likely N-dealkylation sites (tertiary alicyclic amines) is 1. The molecule has 2 amide bonds. The predicted octanol–water partition coefficient (Wildman–Crippen LogP) is 2.39. The van der Waals surface area contributed by atoms with E-state index in [0.29, 0.717) is 42.5 Å². The van der Waals surface area contributed by atoms with Crippen LogP contribution in [0.2, 0.25) is 0 Å². The van der Waals surface area contributed by atoms with E-state index in [1.165, 1.54) is 4.90 Å². The Balaban J connectivity index is 1.20. The SMILES string of the molecule is O=C(OCc1ccccc1)C1COC(=O)N1C1CCN(C(=O)c2ccc3nonc3c2)CC1. The summed E-state index contributed by atoms with van der Waals surface area (Å²) in [6.45, 7) is 1.01. The zero-order valence-electron chi connectivity index (χ0n) is 17.8. The molecule has 2 aliphatic heterocycles. The largest absolute Gasteiger partial charge is 0.459 e. The fourth-order valence-corrected chi connectivity index (χ4v) is 4.29. The van der Waals surface area contributed by atoms with Crippen LogP contribution in [0.5, 0.6) is 0 Å². The van der Waals surface area contributed by atoms with Gasteiger partial charge in [0.1, 0.15) is 24.2 Å². The smallest absolute Gasteiger partial charge is 0.410 e. The number of aromatic nitrogens is 2. The molecular formula is C23H22N4O6. The highest BCUT2D eigenvalue weighted by Crippen LogP contribution is 2.26. The average Bonchev–Trinajstić information content (AvgIpc) is 3.49. The summed E-state index contributed by atoms with van der Waals surface area (Å²) in [4.78, 5) is 41.2. The van der Waals surface area contributed by atoms with Gasteiger partial charge in [0.05, 0.1) is 0 Å². The maximum absolute atomic E-state index is 12.9. The van der Waals surface area contributed by atoms with Gasteiger partial charge in [-0.2, -0.15) is 0 Å². The Hall–Kier alpha value is -3.95. The zero-order chi connectivity index (χ0) is 22.8. The van der Waals surface area contributed by atoms with E-state index in [0.717, 1.165) is 5.56 Å². The van der Waals surface area contributed by atoms with Crippen LogP contribution in [0.15, 0.2) is 53.2 Å². The molecule has 0 radical (unpaired) electrons. The van der Waals surface area contributed by atoms with Gasteiger partial charge < -0.3 is 14.4 Å². The van der Waals surface area contributed by atoms with E-state index < -0.39 is 18.1 Å². The van der Waals surface area contributed by atoms with Crippen LogP contribution in [0.25, 0.3) is 11.0 Å². The van der Waals surface area contributed by atoms with Crippen LogP contribution >= 0.6 is 0 Å². The first-order valence-corrected chi connectivity index (χ1v) is 10.8. The minimum Gasteiger partial charge on any atom is -0.459 e. The molecule has 2 aliphatic rings. The molecule has 33 heavy (non-hydrogen) atoms. The number of rotatable bonds is 5. The van der Waals surface area contributed by atoms with Gasteiger partial charge >= 0.3 is 12.1 Å². The van der Waals surface area contributed by atoms with Gasteiger partial charge in [-0.3, -0.25) is 9.69 Å². The number of carbonyl (C=O) groups is 3. The van der Waals surface area contributed by atoms with Crippen molar-refractivity contribution in [1.82, 2.24) is 20.1 Å². The molecule has 3 aromatic rings. The summed E-state index contributed by atoms with van der Waals surface area (Å²) in [7, 11) is 0. The third-order valence-electron chi connectivity index (χ3n) is 6.05. The Kier molecular flexibility index (Phi) is 5.64. The van der Waals surface area contributed by atoms with Crippen LogP contribution in [0.4, 0.5) is 4.79 Å². The highest BCUT2D eigenvalue weighted by Gasteiger charge is 2.44. The summed E-state index contributed by atoms with van der Waals surface area (Å²) in [5.74, 6) is -0.612. The van der Waals surface area contributed by atoms with Crippen molar-refractivity contribution in [3.05, 3.63) is 59.7 Å². The highest BCUT2D eigenvalue weighted by atomic mass is 16.6. The lowest BCUT2D eigenvalue weighted by Crippen LogP contribution is -2.52. The van der Waals surface area contributed by atoms with Crippen molar-refractivity contribution in [2.45, 2.75) is 31.5 Å². The summed E-state index contributed by atoms with van der Waals surface area (Å²) in [5.41, 5.74) is 2.48. The van der Waals surface area contributed by atoms with Crippen molar-refractivity contribution in [1.29, 1.82) is 0 Å². The van der Waals surface area contributed by atoms with Gasteiger partial charge in [0.2, 0.25) is 0 Å². The first kappa shape index (κ1) is 20.9. The molecule has 1 aromatic heterocycles. The third kappa shape index (κ3) is 4.23. The van der Waals surface area contributed by atoms with Crippen molar-refractivity contribution in [3.63, 3.8) is 0 Å². The Morgan fingerprint density at radius 3 is 2.58 bits per heavy atom. The third-order valence-corrected chi connectivity index (χ3v) is 6.05. The number of hydrogen-bond acceptors (Lipinski definition) is 8. The highest BCUT2D eigenvalue weighted by molar-refractivity contribution is 5.97. The van der Waals surface area contributed by atoms with Crippen LogP contribution in [-0.2, 0) is 20.9 Å². The van der Waals surface area contributed by atoms with E-state index in [9.17, 15) is 14.4 Å². The number of nitrogens with zero attached hydrogens (tertiary/aromatic N) is 4. The maximum atomic E-state index is 12.9. The lowest BCUT2D eigenvalue weighted by Gasteiger charge is -2.37. The van der Waals surface area contributed by atoms with Crippen molar-refractivity contribution in [2.24, 2.45) is 0 Å². The molecule has 0 N–H and O–H groups in total. The number of cyclic esters (lactones) is 1. The first-order chi connectivity index (χ1) is 16.1. The van der Waals surface area contributed by atoms with Crippen LogP contribution in [0.3, 0.4) is 0 Å². The van der Waals surface area contributed by atoms with Gasteiger partial charge in [-0.25, -0.2) is 14.2 Å². The minimum atomic E-state index is -0.782. The summed E-state index contributed by atoms with van der Waals surface area (Å²) < 4.78 is 15.3. The molecule has 2 saturated heterocycles. The predicted molar refractivity (Wildman–Crippen MR) is 114 cm³/mol. The Morgan fingerprint density at radius 1 is 1.03 bits per heavy atom. The molecule has 0 aliphatic carbocycles. The molecule has 1 atom stereocenters. The molecule has 2 aromatic carbocycles. The van der Waals surface area contributed by atoms with Crippen molar-refractivity contribution >= 4 is 29.0 Å². The number of piperidine rings is 1. The number of esters is 1. The molecule has 1 unspecified atom stereocenters. The van der Waals surface area contributed by atoms with Gasteiger partial charge in [-0.05, 0) is 46.9 Å². The van der Waals surface area contributed by atoms with Crippen LogP contribution in [0.1, 0.15) is 28.8 Å². The van der Waals surface area contributed by atoms with E-state index in [1.807, 2.05) is 30.3 Å². The van der Waals surface area contributed by atoms with E-state index in [-0.39, 0.29) is 25.2 Å². The molecule has 170 valence electrons. The molecule has 10 nitrogen and oxygen atoms in total. The first-order valence-electron chi connectivity index (χ1n) is 10.8. The average molecular weight is 450 g/mol. The number of fused-ring (bicyclic) bond motifs is 1. The summed E-state index contributed by atoms with van der Waals surface area (Å²) in [6.07, 6.45) is 0.555. The normalized spacial score (nSPS) is 19.0. The fraction of sp³-hybridized carbons (Fsp3) is 0.348. The maximum Gasteiger partial charge on any atom is 0.410 e. The van der Waals surface area contributed by atoms with Gasteiger partial charge in [-0.1, -0.05) is 30.3 Å². The second-order valence-electron chi connectivity index (χ2n) is 8.08. The Labute approximate surface area is 189 Å². The molecular weight excluding hydrogens is 428 g/mol. The number of benzene rings is 2. The molecule has 0 saturated carbocycles.